The third-order valence-corrected chi connectivity index (χ3v) is 5.29. The number of benzene rings is 1. The van der Waals surface area contributed by atoms with Crippen molar-refractivity contribution in [1.82, 2.24) is 0 Å². The van der Waals surface area contributed by atoms with Crippen LogP contribution in [0.1, 0.15) is 24.8 Å². The summed E-state index contributed by atoms with van der Waals surface area (Å²) >= 11 is 0. The van der Waals surface area contributed by atoms with Crippen molar-refractivity contribution < 1.29 is 13.2 Å². The van der Waals surface area contributed by atoms with Gasteiger partial charge in [0.05, 0.1) is 17.0 Å². The molecule has 0 aromatic heterocycles. The van der Waals surface area contributed by atoms with E-state index in [-0.39, 0.29) is 17.0 Å². The Morgan fingerprint density at radius 1 is 1.29 bits per heavy atom. The molecule has 116 valence electrons. The van der Waals surface area contributed by atoms with Crippen LogP contribution >= 0.6 is 0 Å². The van der Waals surface area contributed by atoms with Gasteiger partial charge in [0.1, 0.15) is 0 Å². The van der Waals surface area contributed by atoms with Crippen LogP contribution in [0.25, 0.3) is 0 Å². The maximum absolute atomic E-state index is 11.6. The minimum atomic E-state index is -3.78. The molecule has 0 bridgehead atoms. The molecule has 1 aliphatic carbocycles. The topological polar surface area (TPSA) is 107 Å². The van der Waals surface area contributed by atoms with Gasteiger partial charge in [-0.25, -0.2) is 13.6 Å². The van der Waals surface area contributed by atoms with Gasteiger partial charge in [0.2, 0.25) is 10.0 Å². The average molecular weight is 311 g/mol. The Morgan fingerprint density at radius 2 is 2.00 bits per heavy atom. The minimum absolute atomic E-state index is 0.0758. The van der Waals surface area contributed by atoms with E-state index in [0.717, 1.165) is 18.7 Å². The number of hydrogen-bond acceptors (Lipinski definition) is 5. The second-order valence-electron chi connectivity index (χ2n) is 5.95. The molecule has 1 saturated heterocycles. The molecule has 2 aliphatic rings. The maximum atomic E-state index is 11.6. The van der Waals surface area contributed by atoms with E-state index in [1.54, 1.807) is 13.0 Å². The highest BCUT2D eigenvalue weighted by molar-refractivity contribution is 7.89. The first kappa shape index (κ1) is 14.6. The van der Waals surface area contributed by atoms with E-state index in [1.165, 1.54) is 18.9 Å². The number of sulfonamides is 1. The van der Waals surface area contributed by atoms with Crippen LogP contribution in [0.5, 0.6) is 0 Å². The van der Waals surface area contributed by atoms with Crippen LogP contribution in [0.2, 0.25) is 0 Å². The fourth-order valence-electron chi connectivity index (χ4n) is 3.01. The summed E-state index contributed by atoms with van der Waals surface area (Å²) in [5.74, 6) is 0.629. The van der Waals surface area contributed by atoms with Crippen molar-refractivity contribution in [3.05, 3.63) is 17.7 Å². The fraction of sp³-hybridized carbons (Fsp3) is 0.571. The van der Waals surface area contributed by atoms with Crippen molar-refractivity contribution in [3.63, 3.8) is 0 Å². The van der Waals surface area contributed by atoms with Crippen LogP contribution < -0.4 is 16.2 Å². The van der Waals surface area contributed by atoms with Crippen molar-refractivity contribution in [3.8, 4) is 0 Å². The zero-order valence-electron chi connectivity index (χ0n) is 12.0. The predicted octanol–water partition coefficient (Wildman–Crippen LogP) is 1.20. The lowest BCUT2D eigenvalue weighted by atomic mass is 10.0. The summed E-state index contributed by atoms with van der Waals surface area (Å²) < 4.78 is 29.1. The standard InChI is InChI=1S/C14H21N3O3S/c1-8-12(6-10(15)7-13(8)21(16,18)19)17-11-4-5-20-14(11)9-2-3-9/h6-7,9,11,14,17H,2-5,15H2,1H3,(H2,16,18,19). The first-order valence-electron chi connectivity index (χ1n) is 7.17. The fourth-order valence-corrected chi connectivity index (χ4v) is 3.85. The Kier molecular flexibility index (Phi) is 3.59. The zero-order valence-corrected chi connectivity index (χ0v) is 12.8. The molecule has 2 unspecified atom stereocenters. The van der Waals surface area contributed by atoms with Crippen molar-refractivity contribution in [1.29, 1.82) is 0 Å². The van der Waals surface area contributed by atoms with Crippen LogP contribution in [0, 0.1) is 12.8 Å². The van der Waals surface area contributed by atoms with Crippen LogP contribution in [-0.2, 0) is 14.8 Å². The Morgan fingerprint density at radius 3 is 2.62 bits per heavy atom. The number of primary sulfonamides is 1. The van der Waals surface area contributed by atoms with E-state index in [0.29, 0.717) is 17.2 Å². The average Bonchev–Trinajstić information content (AvgIpc) is 3.13. The van der Waals surface area contributed by atoms with Crippen molar-refractivity contribution in [2.45, 2.75) is 43.2 Å². The van der Waals surface area contributed by atoms with E-state index in [1.807, 2.05) is 0 Å². The lowest BCUT2D eigenvalue weighted by Crippen LogP contribution is -2.31. The molecule has 0 radical (unpaired) electrons. The molecule has 6 nitrogen and oxygen atoms in total. The smallest absolute Gasteiger partial charge is 0.238 e. The minimum Gasteiger partial charge on any atom is -0.399 e. The molecule has 0 amide bonds. The number of nitrogens with two attached hydrogens (primary N) is 2. The third-order valence-electron chi connectivity index (χ3n) is 4.25. The monoisotopic (exact) mass is 311 g/mol. The summed E-state index contributed by atoms with van der Waals surface area (Å²) in [6, 6.07) is 3.36. The Balaban J connectivity index is 1.90. The van der Waals surface area contributed by atoms with Crippen molar-refractivity contribution in [2.24, 2.45) is 11.1 Å². The normalized spacial score (nSPS) is 26.0. The summed E-state index contributed by atoms with van der Waals surface area (Å²) in [4.78, 5) is 0.0758. The van der Waals surface area contributed by atoms with Gasteiger partial charge in [-0.05, 0) is 49.8 Å². The van der Waals surface area contributed by atoms with Gasteiger partial charge in [0.15, 0.2) is 0 Å². The molecule has 1 saturated carbocycles. The number of nitrogens with one attached hydrogen (secondary N) is 1. The van der Waals surface area contributed by atoms with Crippen molar-refractivity contribution >= 4 is 21.4 Å². The SMILES string of the molecule is Cc1c(NC2CCOC2C2CC2)cc(N)cc1S(N)(=O)=O. The molecule has 5 N–H and O–H groups in total. The van der Waals surface area contributed by atoms with Crippen LogP contribution in [0.15, 0.2) is 17.0 Å². The molecule has 7 heteroatoms. The van der Waals surface area contributed by atoms with Gasteiger partial charge in [0.25, 0.3) is 0 Å². The van der Waals surface area contributed by atoms with E-state index in [2.05, 4.69) is 5.32 Å². The van der Waals surface area contributed by atoms with Crippen molar-refractivity contribution in [2.75, 3.05) is 17.7 Å². The summed E-state index contributed by atoms with van der Waals surface area (Å²) in [5.41, 5.74) is 7.53. The van der Waals surface area contributed by atoms with Gasteiger partial charge in [-0.1, -0.05) is 0 Å². The predicted molar refractivity (Wildman–Crippen MR) is 81.5 cm³/mol. The molecule has 0 spiro atoms. The molecule has 1 aromatic rings. The Labute approximate surface area is 124 Å². The summed E-state index contributed by atoms with van der Waals surface area (Å²) in [5, 5.41) is 8.66. The van der Waals surface area contributed by atoms with Crippen LogP contribution in [-0.4, -0.2) is 27.2 Å². The van der Waals surface area contributed by atoms with Gasteiger partial charge in [-0.15, -0.1) is 0 Å². The van der Waals surface area contributed by atoms with Gasteiger partial charge in [0, 0.05) is 18.0 Å². The molecule has 2 atom stereocenters. The largest absolute Gasteiger partial charge is 0.399 e. The molecule has 1 heterocycles. The number of rotatable bonds is 4. The quantitative estimate of drug-likeness (QED) is 0.724. The Bertz CT molecular complexity index is 656. The first-order chi connectivity index (χ1) is 9.86. The van der Waals surface area contributed by atoms with Gasteiger partial charge >= 0.3 is 0 Å². The van der Waals surface area contributed by atoms with Crippen LogP contribution in [0.4, 0.5) is 11.4 Å². The molecule has 1 aromatic carbocycles. The molecule has 1 aliphatic heterocycles. The molecule has 2 fully saturated rings. The second-order valence-corrected chi connectivity index (χ2v) is 7.48. The summed E-state index contributed by atoms with van der Waals surface area (Å²) in [6.45, 7) is 2.48. The summed E-state index contributed by atoms with van der Waals surface area (Å²) in [7, 11) is -3.78. The molecule has 3 rings (SSSR count). The van der Waals surface area contributed by atoms with E-state index in [9.17, 15) is 8.42 Å². The van der Waals surface area contributed by atoms with Crippen LogP contribution in [0.3, 0.4) is 0 Å². The van der Waals surface area contributed by atoms with E-state index in [4.69, 9.17) is 15.6 Å². The van der Waals surface area contributed by atoms with E-state index < -0.39 is 10.0 Å². The van der Waals surface area contributed by atoms with Gasteiger partial charge < -0.3 is 15.8 Å². The highest BCUT2D eigenvalue weighted by Crippen LogP contribution is 2.40. The van der Waals surface area contributed by atoms with Gasteiger partial charge in [-0.2, -0.15) is 0 Å². The number of hydrogen-bond donors (Lipinski definition) is 3. The molecular formula is C14H21N3O3S. The lowest BCUT2D eigenvalue weighted by Gasteiger charge is -2.22. The second kappa shape index (κ2) is 5.15. The Hall–Kier alpha value is -1.31. The van der Waals surface area contributed by atoms with E-state index >= 15 is 0 Å². The first-order valence-corrected chi connectivity index (χ1v) is 8.72. The maximum Gasteiger partial charge on any atom is 0.238 e. The molecule has 21 heavy (non-hydrogen) atoms. The number of ether oxygens (including phenoxy) is 1. The van der Waals surface area contributed by atoms with Gasteiger partial charge in [-0.3, -0.25) is 0 Å². The third kappa shape index (κ3) is 3.00. The number of anilines is 2. The summed E-state index contributed by atoms with van der Waals surface area (Å²) in [6.07, 6.45) is 3.55. The highest BCUT2D eigenvalue weighted by Gasteiger charge is 2.40. The highest BCUT2D eigenvalue weighted by atomic mass is 32.2. The lowest BCUT2D eigenvalue weighted by molar-refractivity contribution is 0.0898. The molecular weight excluding hydrogens is 290 g/mol. The zero-order chi connectivity index (χ0) is 15.2. The number of nitrogen functional groups attached to an aromatic ring is 1.